The molecule has 0 saturated heterocycles. The zero-order chi connectivity index (χ0) is 25.8. The molecule has 6 rings (SSSR count). The highest BCUT2D eigenvalue weighted by molar-refractivity contribution is 6.95. The van der Waals surface area contributed by atoms with E-state index < -0.39 is 8.80 Å². The molecule has 0 atom stereocenters. The van der Waals surface area contributed by atoms with Crippen molar-refractivity contribution in [1.82, 2.24) is 0 Å². The molecule has 0 bridgehead atoms. The van der Waals surface area contributed by atoms with Crippen molar-refractivity contribution in [3.63, 3.8) is 0 Å². The molecule has 1 heteroatoms. The third-order valence-corrected chi connectivity index (χ3v) is 9.32. The van der Waals surface area contributed by atoms with Crippen LogP contribution in [-0.4, -0.2) is 8.80 Å². The van der Waals surface area contributed by atoms with Gasteiger partial charge in [-0.15, -0.1) is 0 Å². The average Bonchev–Trinajstić information content (AvgIpc) is 3.01. The van der Waals surface area contributed by atoms with Gasteiger partial charge in [-0.25, -0.2) is 0 Å². The van der Waals surface area contributed by atoms with Crippen LogP contribution >= 0.6 is 0 Å². The Morgan fingerprint density at radius 1 is 0.263 bits per heavy atom. The van der Waals surface area contributed by atoms with Crippen molar-refractivity contribution in [3.05, 3.63) is 199 Å². The van der Waals surface area contributed by atoms with E-state index in [-0.39, 0.29) is 0 Å². The Morgan fingerprint density at radius 3 is 0.711 bits per heavy atom. The van der Waals surface area contributed by atoms with Gasteiger partial charge in [0.05, 0.1) is 0 Å². The lowest BCUT2D eigenvalue weighted by Crippen LogP contribution is -2.51. The Hall–Kier alpha value is -4.46. The van der Waals surface area contributed by atoms with Gasteiger partial charge in [0.25, 0.3) is 0 Å². The summed E-state index contributed by atoms with van der Waals surface area (Å²) in [5, 5.41) is 4.31. The van der Waals surface area contributed by atoms with Crippen molar-refractivity contribution >= 4 is 24.4 Å². The van der Waals surface area contributed by atoms with Crippen LogP contribution in [0, 0.1) is 0 Å². The maximum atomic E-state index is 2.24. The first-order chi connectivity index (χ1) is 18.9. The molecule has 0 aliphatic heterocycles. The Kier molecular flexibility index (Phi) is 8.74. The first-order valence-corrected chi connectivity index (χ1v) is 14.6. The molecule has 0 saturated carbocycles. The summed E-state index contributed by atoms with van der Waals surface area (Å²) in [6, 6.07) is 64.5. The van der Waals surface area contributed by atoms with Crippen LogP contribution in [0.15, 0.2) is 182 Å². The van der Waals surface area contributed by atoms with Crippen LogP contribution in [0.5, 0.6) is 0 Å². The molecule has 0 N–H and O–H groups in total. The van der Waals surface area contributed by atoms with Crippen LogP contribution in [0.2, 0.25) is 0 Å². The summed E-state index contributed by atoms with van der Waals surface area (Å²) in [6.45, 7) is 0. The normalized spacial score (nSPS) is 10.6. The lowest BCUT2D eigenvalue weighted by atomic mass is 9.85. The fourth-order valence-corrected chi connectivity index (χ4v) is 7.41. The van der Waals surface area contributed by atoms with Crippen molar-refractivity contribution in [2.45, 2.75) is 5.92 Å². The van der Waals surface area contributed by atoms with E-state index in [0.29, 0.717) is 5.92 Å². The maximum absolute atomic E-state index is 2.24. The van der Waals surface area contributed by atoms with E-state index in [1.807, 2.05) is 0 Å². The maximum Gasteiger partial charge on any atom is 0.154 e. The highest BCUT2D eigenvalue weighted by atomic mass is 28.3. The van der Waals surface area contributed by atoms with Gasteiger partial charge in [0.1, 0.15) is 0 Å². The molecule has 0 spiro atoms. The van der Waals surface area contributed by atoms with Gasteiger partial charge >= 0.3 is 0 Å². The molecule has 0 nitrogen and oxygen atoms in total. The minimum atomic E-state index is -0.877. The van der Waals surface area contributed by atoms with E-state index in [4.69, 9.17) is 0 Å². The van der Waals surface area contributed by atoms with Crippen LogP contribution < -0.4 is 15.6 Å². The van der Waals surface area contributed by atoms with Gasteiger partial charge in [-0.2, -0.15) is 0 Å². The van der Waals surface area contributed by atoms with Crippen LogP contribution in [0.1, 0.15) is 22.6 Å². The van der Waals surface area contributed by atoms with Gasteiger partial charge in [0.15, 0.2) is 8.80 Å². The molecular weight excluding hydrogens is 472 g/mol. The third kappa shape index (κ3) is 6.45. The molecule has 6 aromatic rings. The zero-order valence-electron chi connectivity index (χ0n) is 21.4. The fraction of sp³-hybridized carbons (Fsp3) is 0.0270. The smallest absolute Gasteiger partial charge is 0.0624 e. The van der Waals surface area contributed by atoms with E-state index in [1.54, 1.807) is 0 Å². The fourth-order valence-electron chi connectivity index (χ4n) is 4.83. The molecule has 1 radical (unpaired) electrons. The summed E-state index contributed by atoms with van der Waals surface area (Å²) in [5.74, 6) is 0.309. The largest absolute Gasteiger partial charge is 0.154 e. The molecule has 0 amide bonds. The summed E-state index contributed by atoms with van der Waals surface area (Å²) in [7, 11) is -0.877. The molecule has 183 valence electrons. The van der Waals surface area contributed by atoms with Crippen molar-refractivity contribution in [3.8, 4) is 0 Å². The first-order valence-electron chi connectivity index (χ1n) is 13.1. The summed E-state index contributed by atoms with van der Waals surface area (Å²) in [6.07, 6.45) is 0. The highest BCUT2D eigenvalue weighted by Gasteiger charge is 2.18. The van der Waals surface area contributed by atoms with Crippen LogP contribution in [0.4, 0.5) is 0 Å². The van der Waals surface area contributed by atoms with E-state index in [9.17, 15) is 0 Å². The van der Waals surface area contributed by atoms with Crippen molar-refractivity contribution in [2.24, 2.45) is 0 Å². The summed E-state index contributed by atoms with van der Waals surface area (Å²) >= 11 is 0. The Morgan fingerprint density at radius 2 is 0.474 bits per heavy atom. The van der Waals surface area contributed by atoms with E-state index >= 15 is 0 Å². The van der Waals surface area contributed by atoms with E-state index in [2.05, 4.69) is 182 Å². The molecule has 0 aliphatic rings. The second kappa shape index (κ2) is 13.2. The summed E-state index contributed by atoms with van der Waals surface area (Å²) < 4.78 is 0. The zero-order valence-corrected chi connectivity index (χ0v) is 22.4. The number of hydrogen-bond donors (Lipinski definition) is 0. The Balaban J connectivity index is 0.000000155. The Labute approximate surface area is 228 Å². The van der Waals surface area contributed by atoms with Crippen molar-refractivity contribution in [2.75, 3.05) is 0 Å². The molecule has 0 aromatic heterocycles. The predicted molar refractivity (Wildman–Crippen MR) is 164 cm³/mol. The quantitative estimate of drug-likeness (QED) is 0.168. The SMILES string of the molecule is c1ccc(C(c2ccccc2)c2ccccc2)cc1.c1ccc([Si](c2ccccc2)c2ccccc2)cc1. The number of hydrogen-bond acceptors (Lipinski definition) is 0. The van der Waals surface area contributed by atoms with Gasteiger partial charge < -0.3 is 0 Å². The predicted octanol–water partition coefficient (Wildman–Crippen LogP) is 7.07. The first kappa shape index (κ1) is 25.2. The summed E-state index contributed by atoms with van der Waals surface area (Å²) in [4.78, 5) is 0. The van der Waals surface area contributed by atoms with Gasteiger partial charge in [-0.05, 0) is 16.7 Å². The second-order valence-corrected chi connectivity index (χ2v) is 11.6. The minimum absolute atomic E-state index is 0.309. The lowest BCUT2D eigenvalue weighted by molar-refractivity contribution is 0.977. The van der Waals surface area contributed by atoms with Gasteiger partial charge in [0, 0.05) is 5.92 Å². The minimum Gasteiger partial charge on any atom is -0.0624 e. The van der Waals surface area contributed by atoms with Crippen LogP contribution in [0.3, 0.4) is 0 Å². The molecule has 0 unspecified atom stereocenters. The monoisotopic (exact) mass is 503 g/mol. The standard InChI is InChI=1S/C19H16.C18H15Si/c2*1-4-10-16(11-5-1)19(17-12-6-2-7-13-17)18-14-8-3-9-15-18/h1-15,19H;1-15H. The topological polar surface area (TPSA) is 0 Å². The van der Waals surface area contributed by atoms with Crippen molar-refractivity contribution < 1.29 is 0 Å². The molecule has 0 aliphatic carbocycles. The number of benzene rings is 6. The van der Waals surface area contributed by atoms with Crippen LogP contribution in [0.25, 0.3) is 0 Å². The number of rotatable bonds is 6. The Bertz CT molecular complexity index is 1160. The second-order valence-electron chi connectivity index (χ2n) is 9.14. The average molecular weight is 504 g/mol. The highest BCUT2D eigenvalue weighted by Crippen LogP contribution is 2.31. The molecule has 6 aromatic carbocycles. The summed E-state index contributed by atoms with van der Waals surface area (Å²) in [5.41, 5.74) is 4.00. The molecule has 0 fully saturated rings. The molecular formula is C37H31Si. The van der Waals surface area contributed by atoms with Gasteiger partial charge in [-0.1, -0.05) is 198 Å². The van der Waals surface area contributed by atoms with E-state index in [1.165, 1.54) is 32.3 Å². The van der Waals surface area contributed by atoms with Gasteiger partial charge in [-0.3, -0.25) is 0 Å². The van der Waals surface area contributed by atoms with Gasteiger partial charge in [0.2, 0.25) is 0 Å². The molecule has 38 heavy (non-hydrogen) atoms. The lowest BCUT2D eigenvalue weighted by Gasteiger charge is -2.18. The van der Waals surface area contributed by atoms with Crippen LogP contribution in [-0.2, 0) is 0 Å². The van der Waals surface area contributed by atoms with Crippen molar-refractivity contribution in [1.29, 1.82) is 0 Å². The third-order valence-electron chi connectivity index (χ3n) is 6.59. The molecule has 0 heterocycles. The van der Waals surface area contributed by atoms with E-state index in [0.717, 1.165) is 0 Å².